The van der Waals surface area contributed by atoms with Crippen LogP contribution in [0.4, 0.5) is 0 Å². The fourth-order valence-electron chi connectivity index (χ4n) is 2.42. The maximum Gasteiger partial charge on any atom is 0.336 e. The first-order chi connectivity index (χ1) is 9.65. The molecule has 0 N–H and O–H groups in total. The van der Waals surface area contributed by atoms with E-state index in [2.05, 4.69) is 0 Å². The van der Waals surface area contributed by atoms with Gasteiger partial charge in [-0.2, -0.15) is 0 Å². The molecule has 4 nitrogen and oxygen atoms in total. The van der Waals surface area contributed by atoms with Crippen molar-refractivity contribution < 1.29 is 0 Å². The molecule has 2 heterocycles. The molecule has 0 atom stereocenters. The van der Waals surface area contributed by atoms with E-state index in [0.29, 0.717) is 16.9 Å². The lowest BCUT2D eigenvalue weighted by molar-refractivity contribution is 0.692. The summed E-state index contributed by atoms with van der Waals surface area (Å²) >= 11 is 1.37. The summed E-state index contributed by atoms with van der Waals surface area (Å²) in [6.07, 6.45) is 0. The molecule has 0 aliphatic rings. The Labute approximate surface area is 119 Å². The van der Waals surface area contributed by atoms with Crippen LogP contribution >= 0.6 is 11.3 Å². The standard InChI is InChI=1S/C15H14N2O2S/c1-3-16-12-8-9-20-13(12)14(18)17(15(16)19)11-7-5-4-6-10(11)2/h4-9H,3H2,1-2H3. The fourth-order valence-corrected chi connectivity index (χ4v) is 3.24. The highest BCUT2D eigenvalue weighted by Crippen LogP contribution is 2.17. The Hall–Kier alpha value is -2.14. The van der Waals surface area contributed by atoms with Crippen molar-refractivity contribution in [1.82, 2.24) is 9.13 Å². The molecular weight excluding hydrogens is 272 g/mol. The molecule has 0 bridgehead atoms. The molecule has 2 aromatic heterocycles. The second kappa shape index (κ2) is 4.76. The van der Waals surface area contributed by atoms with Crippen molar-refractivity contribution in [3.05, 3.63) is 62.1 Å². The Bertz CT molecular complexity index is 902. The van der Waals surface area contributed by atoms with Crippen LogP contribution in [0, 0.1) is 6.92 Å². The molecule has 3 aromatic rings. The molecule has 0 unspecified atom stereocenters. The molecule has 0 amide bonds. The zero-order chi connectivity index (χ0) is 14.3. The zero-order valence-electron chi connectivity index (χ0n) is 11.3. The topological polar surface area (TPSA) is 44.0 Å². The molecule has 5 heteroatoms. The quantitative estimate of drug-likeness (QED) is 0.726. The average molecular weight is 286 g/mol. The molecule has 20 heavy (non-hydrogen) atoms. The summed E-state index contributed by atoms with van der Waals surface area (Å²) in [7, 11) is 0. The van der Waals surface area contributed by atoms with Crippen LogP contribution in [0.5, 0.6) is 0 Å². The molecule has 0 radical (unpaired) electrons. The van der Waals surface area contributed by atoms with E-state index >= 15 is 0 Å². The van der Waals surface area contributed by atoms with Crippen LogP contribution in [0.2, 0.25) is 0 Å². The number of benzene rings is 1. The van der Waals surface area contributed by atoms with Crippen molar-refractivity contribution in [2.24, 2.45) is 0 Å². The van der Waals surface area contributed by atoms with Gasteiger partial charge in [0.25, 0.3) is 5.56 Å². The monoisotopic (exact) mass is 286 g/mol. The Kier molecular flexibility index (Phi) is 3.06. The third-order valence-electron chi connectivity index (χ3n) is 3.43. The van der Waals surface area contributed by atoms with Crippen molar-refractivity contribution in [2.45, 2.75) is 20.4 Å². The van der Waals surface area contributed by atoms with Crippen LogP contribution in [-0.4, -0.2) is 9.13 Å². The van der Waals surface area contributed by atoms with Gasteiger partial charge in [-0.25, -0.2) is 9.36 Å². The largest absolute Gasteiger partial charge is 0.336 e. The Morgan fingerprint density at radius 2 is 1.90 bits per heavy atom. The molecule has 0 aliphatic heterocycles. The lowest BCUT2D eigenvalue weighted by atomic mass is 10.2. The normalized spacial score (nSPS) is 11.1. The first-order valence-corrected chi connectivity index (χ1v) is 7.32. The highest BCUT2D eigenvalue weighted by molar-refractivity contribution is 7.17. The highest BCUT2D eigenvalue weighted by Gasteiger charge is 2.15. The summed E-state index contributed by atoms with van der Waals surface area (Å²) in [5, 5.41) is 1.85. The Balaban J connectivity index is 2.52. The van der Waals surface area contributed by atoms with Crippen LogP contribution < -0.4 is 11.2 Å². The molecule has 1 aromatic carbocycles. The predicted octanol–water partition coefficient (Wildman–Crippen LogP) is 2.54. The summed E-state index contributed by atoms with van der Waals surface area (Å²) in [6, 6.07) is 9.26. The van der Waals surface area contributed by atoms with Gasteiger partial charge in [-0.15, -0.1) is 11.3 Å². The maximum absolute atomic E-state index is 12.6. The molecule has 3 rings (SSSR count). The summed E-state index contributed by atoms with van der Waals surface area (Å²) in [5.74, 6) is 0. The lowest BCUT2D eigenvalue weighted by Crippen LogP contribution is -2.38. The van der Waals surface area contributed by atoms with Gasteiger partial charge in [0.1, 0.15) is 4.70 Å². The van der Waals surface area contributed by atoms with Gasteiger partial charge in [-0.1, -0.05) is 18.2 Å². The van der Waals surface area contributed by atoms with Gasteiger partial charge in [0, 0.05) is 6.54 Å². The van der Waals surface area contributed by atoms with Crippen molar-refractivity contribution >= 4 is 21.6 Å². The van der Waals surface area contributed by atoms with Crippen LogP contribution in [0.3, 0.4) is 0 Å². The second-order valence-electron chi connectivity index (χ2n) is 4.59. The molecule has 0 saturated carbocycles. The molecule has 0 aliphatic carbocycles. The number of thiophene rings is 1. The third kappa shape index (κ3) is 1.74. The lowest BCUT2D eigenvalue weighted by Gasteiger charge is -2.12. The summed E-state index contributed by atoms with van der Waals surface area (Å²) < 4.78 is 3.53. The van der Waals surface area contributed by atoms with Crippen molar-refractivity contribution in [2.75, 3.05) is 0 Å². The van der Waals surface area contributed by atoms with Gasteiger partial charge in [0.15, 0.2) is 0 Å². The molecular formula is C15H14N2O2S. The highest BCUT2D eigenvalue weighted by atomic mass is 32.1. The van der Waals surface area contributed by atoms with Gasteiger partial charge in [0.05, 0.1) is 11.2 Å². The Morgan fingerprint density at radius 3 is 2.60 bits per heavy atom. The predicted molar refractivity (Wildman–Crippen MR) is 82.1 cm³/mol. The number of aromatic nitrogens is 2. The molecule has 102 valence electrons. The Morgan fingerprint density at radius 1 is 1.15 bits per heavy atom. The maximum atomic E-state index is 12.6. The summed E-state index contributed by atoms with van der Waals surface area (Å²) in [6.45, 7) is 4.35. The number of aryl methyl sites for hydroxylation is 2. The first-order valence-electron chi connectivity index (χ1n) is 6.44. The van der Waals surface area contributed by atoms with Gasteiger partial charge in [-0.05, 0) is 36.9 Å². The number of hydrogen-bond acceptors (Lipinski definition) is 3. The first kappa shape index (κ1) is 12.9. The number of hydrogen-bond donors (Lipinski definition) is 0. The number of fused-ring (bicyclic) bond motifs is 1. The van der Waals surface area contributed by atoms with E-state index in [-0.39, 0.29) is 11.2 Å². The molecule has 0 spiro atoms. The van der Waals surface area contributed by atoms with Crippen molar-refractivity contribution in [1.29, 1.82) is 0 Å². The second-order valence-corrected chi connectivity index (χ2v) is 5.50. The smallest absolute Gasteiger partial charge is 0.292 e. The SMILES string of the molecule is CCn1c(=O)n(-c2ccccc2C)c(=O)c2sccc21. The van der Waals surface area contributed by atoms with E-state index in [1.54, 1.807) is 10.6 Å². The minimum atomic E-state index is -0.280. The van der Waals surface area contributed by atoms with E-state index in [1.807, 2.05) is 43.5 Å². The van der Waals surface area contributed by atoms with Crippen molar-refractivity contribution in [3.8, 4) is 5.69 Å². The van der Waals surface area contributed by atoms with Gasteiger partial charge < -0.3 is 0 Å². The van der Waals surface area contributed by atoms with Crippen LogP contribution in [-0.2, 0) is 6.54 Å². The average Bonchev–Trinajstić information content (AvgIpc) is 2.91. The van der Waals surface area contributed by atoms with Crippen LogP contribution in [0.1, 0.15) is 12.5 Å². The fraction of sp³-hybridized carbons (Fsp3) is 0.200. The molecule has 0 saturated heterocycles. The van der Waals surface area contributed by atoms with Crippen molar-refractivity contribution in [3.63, 3.8) is 0 Å². The van der Waals surface area contributed by atoms with Gasteiger partial charge in [-0.3, -0.25) is 9.36 Å². The summed E-state index contributed by atoms with van der Waals surface area (Å²) in [4.78, 5) is 25.2. The molecule has 0 fully saturated rings. The number of para-hydroxylation sites is 1. The van der Waals surface area contributed by atoms with E-state index in [4.69, 9.17) is 0 Å². The number of nitrogens with zero attached hydrogens (tertiary/aromatic N) is 2. The van der Waals surface area contributed by atoms with Gasteiger partial charge in [0.2, 0.25) is 0 Å². The number of rotatable bonds is 2. The van der Waals surface area contributed by atoms with Gasteiger partial charge >= 0.3 is 5.69 Å². The zero-order valence-corrected chi connectivity index (χ0v) is 12.1. The van der Waals surface area contributed by atoms with E-state index in [9.17, 15) is 9.59 Å². The van der Waals surface area contributed by atoms with Crippen LogP contribution in [0.25, 0.3) is 15.9 Å². The summed E-state index contributed by atoms with van der Waals surface area (Å²) in [5.41, 5.74) is 1.76. The minimum absolute atomic E-state index is 0.237. The minimum Gasteiger partial charge on any atom is -0.292 e. The van der Waals surface area contributed by atoms with Crippen LogP contribution in [0.15, 0.2) is 45.3 Å². The third-order valence-corrected chi connectivity index (χ3v) is 4.32. The van der Waals surface area contributed by atoms with E-state index in [0.717, 1.165) is 11.1 Å². The van der Waals surface area contributed by atoms with E-state index < -0.39 is 0 Å². The van der Waals surface area contributed by atoms with E-state index in [1.165, 1.54) is 15.9 Å².